The van der Waals surface area contributed by atoms with E-state index in [9.17, 15) is 5.26 Å². The summed E-state index contributed by atoms with van der Waals surface area (Å²) in [7, 11) is 1.76. The topological polar surface area (TPSA) is 117 Å². The summed E-state index contributed by atoms with van der Waals surface area (Å²) < 4.78 is 17.9. The lowest BCUT2D eigenvalue weighted by molar-refractivity contribution is -0.127. The van der Waals surface area contributed by atoms with Crippen molar-refractivity contribution in [1.29, 1.82) is 5.26 Å². The van der Waals surface area contributed by atoms with Gasteiger partial charge in [0, 0.05) is 38.0 Å². The number of hydrogen-bond acceptors (Lipinski definition) is 10. The van der Waals surface area contributed by atoms with Gasteiger partial charge in [-0.15, -0.1) is 0 Å². The third-order valence-electron chi connectivity index (χ3n) is 8.67. The largest absolute Gasteiger partial charge is 0.380 e. The van der Waals surface area contributed by atoms with Gasteiger partial charge in [-0.05, 0) is 56.7 Å². The Morgan fingerprint density at radius 3 is 2.68 bits per heavy atom. The molecule has 37 heavy (non-hydrogen) atoms. The van der Waals surface area contributed by atoms with E-state index >= 15 is 0 Å². The van der Waals surface area contributed by atoms with Crippen LogP contribution in [0.5, 0.6) is 0 Å². The number of nitrogens with zero attached hydrogens (tertiary/aromatic N) is 5. The van der Waals surface area contributed by atoms with Crippen LogP contribution in [0.25, 0.3) is 0 Å². The van der Waals surface area contributed by atoms with Crippen LogP contribution in [-0.4, -0.2) is 66.8 Å². The highest BCUT2D eigenvalue weighted by Crippen LogP contribution is 2.43. The molecule has 3 aliphatic heterocycles. The van der Waals surface area contributed by atoms with Crippen molar-refractivity contribution in [3.63, 3.8) is 0 Å². The van der Waals surface area contributed by atoms with E-state index in [0.29, 0.717) is 5.56 Å². The maximum atomic E-state index is 9.93. The minimum Gasteiger partial charge on any atom is -0.380 e. The number of methoxy groups -OCH3 is 1. The number of anilines is 1. The number of nitriles is 1. The quantitative estimate of drug-likeness (QED) is 0.605. The van der Waals surface area contributed by atoms with E-state index in [1.807, 2.05) is 26.1 Å². The molecule has 2 N–H and O–H groups in total. The van der Waals surface area contributed by atoms with Crippen molar-refractivity contribution in [3.05, 3.63) is 46.4 Å². The predicted octanol–water partition coefficient (Wildman–Crippen LogP) is 2.29. The van der Waals surface area contributed by atoms with Gasteiger partial charge < -0.3 is 19.1 Å². The first-order valence-corrected chi connectivity index (χ1v) is 13.1. The number of hydrogen-bond donors (Lipinski definition) is 2. The summed E-state index contributed by atoms with van der Waals surface area (Å²) in [6.07, 6.45) is 5.17. The number of aromatic nitrogens is 3. The second-order valence-corrected chi connectivity index (χ2v) is 11.2. The Kier molecular flexibility index (Phi) is 6.37. The Labute approximate surface area is 217 Å². The van der Waals surface area contributed by atoms with Gasteiger partial charge >= 0.3 is 0 Å². The molecule has 10 nitrogen and oxygen atoms in total. The number of fused-ring (bicyclic) bond motifs is 1. The van der Waals surface area contributed by atoms with Crippen molar-refractivity contribution in [1.82, 2.24) is 26.0 Å². The fourth-order valence-corrected chi connectivity index (χ4v) is 6.74. The van der Waals surface area contributed by atoms with Crippen LogP contribution >= 0.6 is 0 Å². The first-order valence-electron chi connectivity index (χ1n) is 13.1. The van der Waals surface area contributed by atoms with Gasteiger partial charge in [0.1, 0.15) is 11.9 Å². The normalized spacial score (nSPS) is 30.8. The minimum absolute atomic E-state index is 0.0171. The molecule has 1 spiro atoms. The zero-order chi connectivity index (χ0) is 25.7. The van der Waals surface area contributed by atoms with Crippen LogP contribution in [0, 0.1) is 36.5 Å². The zero-order valence-corrected chi connectivity index (χ0v) is 21.9. The predicted molar refractivity (Wildman–Crippen MR) is 136 cm³/mol. The van der Waals surface area contributed by atoms with E-state index in [1.54, 1.807) is 13.3 Å². The first-order chi connectivity index (χ1) is 17.9. The van der Waals surface area contributed by atoms with Crippen molar-refractivity contribution in [3.8, 4) is 6.07 Å². The minimum atomic E-state index is -0.123. The van der Waals surface area contributed by atoms with Crippen LogP contribution < -0.4 is 15.8 Å². The molecule has 6 rings (SSSR count). The fraction of sp³-hybridized carbons (Fsp3) is 0.630. The molecule has 5 heterocycles. The lowest BCUT2D eigenvalue weighted by Gasteiger charge is -2.55. The molecule has 4 fully saturated rings. The van der Waals surface area contributed by atoms with E-state index in [0.717, 1.165) is 67.3 Å². The Bertz CT molecular complexity index is 1180. The van der Waals surface area contributed by atoms with E-state index in [1.165, 1.54) is 0 Å². The van der Waals surface area contributed by atoms with Gasteiger partial charge in [0.2, 0.25) is 0 Å². The Hall–Kier alpha value is -2.68. The first kappa shape index (κ1) is 24.6. The number of hydrazine groups is 1. The molecule has 10 heteroatoms. The molecule has 6 atom stereocenters. The summed E-state index contributed by atoms with van der Waals surface area (Å²) >= 11 is 0. The number of pyridine rings is 1. The summed E-state index contributed by atoms with van der Waals surface area (Å²) in [6.45, 7) is 9.54. The van der Waals surface area contributed by atoms with Gasteiger partial charge in [0.05, 0.1) is 60.4 Å². The second-order valence-electron chi connectivity index (χ2n) is 11.2. The molecule has 2 aromatic rings. The maximum Gasteiger partial charge on any atom is 0.146 e. The van der Waals surface area contributed by atoms with E-state index in [2.05, 4.69) is 38.9 Å². The van der Waals surface area contributed by atoms with Crippen molar-refractivity contribution in [2.75, 3.05) is 38.3 Å². The monoisotopic (exact) mass is 505 g/mol. The highest BCUT2D eigenvalue weighted by atomic mass is 16.5. The summed E-state index contributed by atoms with van der Waals surface area (Å²) in [5.74, 6) is 1.06. The van der Waals surface area contributed by atoms with Crippen molar-refractivity contribution < 1.29 is 14.2 Å². The summed E-state index contributed by atoms with van der Waals surface area (Å²) in [5.41, 5.74) is 11.9. The Morgan fingerprint density at radius 1 is 1.19 bits per heavy atom. The molecule has 0 bridgehead atoms. The molecule has 196 valence electrons. The van der Waals surface area contributed by atoms with Gasteiger partial charge in [0.15, 0.2) is 0 Å². The second kappa shape index (κ2) is 9.57. The van der Waals surface area contributed by atoms with Gasteiger partial charge in [0.25, 0.3) is 0 Å². The standard InChI is InChI=1S/C27H35N7O3/c1-15-9-30-31-16(2)24(15)17(3)37-23-6-20-21(7-22(23)35-4)32-33-25(20)19-5-18(8-28)26(29-10-19)34-11-27(12-34)13-36-14-27/h5,9-10,17,20-23,25,32-33H,6-7,11-14H2,1-4H3/t17-,20?,21?,22?,23?,25?/m1/s1. The third kappa shape index (κ3) is 4.29. The van der Waals surface area contributed by atoms with Crippen LogP contribution in [0.2, 0.25) is 0 Å². The van der Waals surface area contributed by atoms with Gasteiger partial charge in [-0.2, -0.15) is 15.5 Å². The summed E-state index contributed by atoms with van der Waals surface area (Å²) in [5, 5.41) is 18.2. The average molecular weight is 506 g/mol. The van der Waals surface area contributed by atoms with Crippen LogP contribution in [0.15, 0.2) is 18.5 Å². The summed E-state index contributed by atoms with van der Waals surface area (Å²) in [4.78, 5) is 6.96. The van der Waals surface area contributed by atoms with Crippen LogP contribution in [-0.2, 0) is 14.2 Å². The zero-order valence-electron chi connectivity index (χ0n) is 21.9. The van der Waals surface area contributed by atoms with Crippen LogP contribution in [0.4, 0.5) is 5.82 Å². The Morgan fingerprint density at radius 2 is 2.00 bits per heavy atom. The number of ether oxygens (including phenoxy) is 3. The molecule has 3 saturated heterocycles. The van der Waals surface area contributed by atoms with Crippen molar-refractivity contribution in [2.45, 2.75) is 64.0 Å². The third-order valence-corrected chi connectivity index (χ3v) is 8.67. The average Bonchev–Trinajstić information content (AvgIpc) is 3.24. The number of nitrogens with one attached hydrogen (secondary N) is 2. The molecular weight excluding hydrogens is 470 g/mol. The van der Waals surface area contributed by atoms with E-state index in [-0.39, 0.29) is 41.7 Å². The number of aryl methyl sites for hydroxylation is 2. The molecular formula is C27H35N7O3. The van der Waals surface area contributed by atoms with Crippen molar-refractivity contribution in [2.24, 2.45) is 11.3 Å². The smallest absolute Gasteiger partial charge is 0.146 e. The van der Waals surface area contributed by atoms with Gasteiger partial charge in [-0.25, -0.2) is 10.4 Å². The van der Waals surface area contributed by atoms with Gasteiger partial charge in [-0.3, -0.25) is 5.43 Å². The van der Waals surface area contributed by atoms with Crippen molar-refractivity contribution >= 4 is 5.82 Å². The molecule has 5 unspecified atom stereocenters. The number of rotatable bonds is 6. The lowest BCUT2D eigenvalue weighted by Crippen LogP contribution is -2.66. The van der Waals surface area contributed by atoms with E-state index in [4.69, 9.17) is 19.2 Å². The molecule has 0 radical (unpaired) electrons. The molecule has 0 amide bonds. The highest BCUT2D eigenvalue weighted by Gasteiger charge is 2.50. The SMILES string of the molecule is COC1CC2NNC(c3cnc(N4CC5(COC5)C4)c(C#N)c3)C2CC1O[C@H](C)c1c(C)cnnc1C. The molecule has 0 aromatic carbocycles. The molecule has 2 aromatic heterocycles. The molecule has 4 aliphatic rings. The van der Waals surface area contributed by atoms with Crippen LogP contribution in [0.3, 0.4) is 0 Å². The molecule has 1 aliphatic carbocycles. The highest BCUT2D eigenvalue weighted by molar-refractivity contribution is 5.57. The Balaban J connectivity index is 1.19. The lowest BCUT2D eigenvalue weighted by atomic mass is 9.76. The maximum absolute atomic E-state index is 9.93. The van der Waals surface area contributed by atoms with Crippen LogP contribution in [0.1, 0.15) is 59.9 Å². The summed E-state index contributed by atoms with van der Waals surface area (Å²) in [6, 6.07) is 4.67. The fourth-order valence-electron chi connectivity index (χ4n) is 6.74. The molecule has 1 saturated carbocycles. The van der Waals surface area contributed by atoms with E-state index < -0.39 is 0 Å². The van der Waals surface area contributed by atoms with Gasteiger partial charge in [-0.1, -0.05) is 0 Å².